The second-order valence-corrected chi connectivity index (χ2v) is 12.9. The third-order valence-electron chi connectivity index (χ3n) is 10.00. The van der Waals surface area contributed by atoms with Crippen LogP contribution >= 0.6 is 0 Å². The first-order chi connectivity index (χ1) is 24.7. The van der Waals surface area contributed by atoms with Crippen molar-refractivity contribution in [2.24, 2.45) is 0 Å². The van der Waals surface area contributed by atoms with Gasteiger partial charge in [-0.2, -0.15) is 0 Å². The lowest BCUT2D eigenvalue weighted by Crippen LogP contribution is -1.97. The number of hydrogen-bond donors (Lipinski definition) is 0. The molecule has 0 radical (unpaired) electrons. The summed E-state index contributed by atoms with van der Waals surface area (Å²) in [6.45, 7) is 2.11. The van der Waals surface area contributed by atoms with Crippen LogP contribution in [-0.2, 0) is 0 Å². The second-order valence-electron chi connectivity index (χ2n) is 12.9. The SMILES string of the molecule is Cc1c(-c2ccc(-c3nc(-c4cc5ccccc5c5ccccc45)cc(-c4cc5ccccc5c5ccccc45)n3)cc2)nc2ccccn12. The van der Waals surface area contributed by atoms with Crippen molar-refractivity contribution in [1.82, 2.24) is 19.4 Å². The van der Waals surface area contributed by atoms with Gasteiger partial charge in [-0.05, 0) is 80.3 Å². The second kappa shape index (κ2) is 11.2. The van der Waals surface area contributed by atoms with E-state index in [1.807, 2.05) is 18.2 Å². The summed E-state index contributed by atoms with van der Waals surface area (Å²) in [6, 6.07) is 55.8. The smallest absolute Gasteiger partial charge is 0.160 e. The average Bonchev–Trinajstić information content (AvgIpc) is 3.53. The van der Waals surface area contributed by atoms with Crippen molar-refractivity contribution in [3.05, 3.63) is 170 Å². The number of imidazole rings is 1. The van der Waals surface area contributed by atoms with E-state index in [0.29, 0.717) is 5.82 Å². The normalized spacial score (nSPS) is 11.7. The lowest BCUT2D eigenvalue weighted by atomic mass is 9.93. The first kappa shape index (κ1) is 28.4. The van der Waals surface area contributed by atoms with Crippen LogP contribution in [0.15, 0.2) is 164 Å². The van der Waals surface area contributed by atoms with Gasteiger partial charge in [0.1, 0.15) is 5.65 Å². The number of aryl methyl sites for hydroxylation is 1. The Hall–Kier alpha value is -6.65. The van der Waals surface area contributed by atoms with Gasteiger partial charge in [0.25, 0.3) is 0 Å². The molecule has 3 aromatic heterocycles. The molecule has 0 spiro atoms. The van der Waals surface area contributed by atoms with Crippen LogP contribution < -0.4 is 0 Å². The lowest BCUT2D eigenvalue weighted by molar-refractivity contribution is 1.11. The molecule has 0 aliphatic rings. The largest absolute Gasteiger partial charge is 0.304 e. The number of benzene rings is 7. The molecule has 4 heteroatoms. The first-order valence-corrected chi connectivity index (χ1v) is 16.9. The zero-order valence-corrected chi connectivity index (χ0v) is 27.4. The van der Waals surface area contributed by atoms with Crippen molar-refractivity contribution in [2.45, 2.75) is 6.92 Å². The molecular formula is C46H30N4. The first-order valence-electron chi connectivity index (χ1n) is 16.9. The molecule has 7 aromatic carbocycles. The third kappa shape index (κ3) is 4.50. The molecule has 0 aliphatic carbocycles. The van der Waals surface area contributed by atoms with Crippen molar-refractivity contribution in [1.29, 1.82) is 0 Å². The van der Waals surface area contributed by atoms with Crippen molar-refractivity contribution < 1.29 is 0 Å². The van der Waals surface area contributed by atoms with Crippen LogP contribution in [0.1, 0.15) is 5.69 Å². The zero-order chi connectivity index (χ0) is 33.2. The third-order valence-corrected chi connectivity index (χ3v) is 10.00. The van der Waals surface area contributed by atoms with Gasteiger partial charge in [0, 0.05) is 34.1 Å². The number of pyridine rings is 1. The van der Waals surface area contributed by atoms with Crippen molar-refractivity contribution >= 4 is 48.7 Å². The molecule has 0 saturated carbocycles. The molecule has 234 valence electrons. The summed E-state index contributed by atoms with van der Waals surface area (Å²) in [7, 11) is 0. The Kier molecular flexibility index (Phi) is 6.36. The van der Waals surface area contributed by atoms with Crippen molar-refractivity contribution in [3.63, 3.8) is 0 Å². The summed E-state index contributed by atoms with van der Waals surface area (Å²) in [4.78, 5) is 15.6. The molecule has 50 heavy (non-hydrogen) atoms. The average molecular weight is 639 g/mol. The van der Waals surface area contributed by atoms with Gasteiger partial charge in [-0.3, -0.25) is 0 Å². The highest BCUT2D eigenvalue weighted by Crippen LogP contribution is 2.39. The molecule has 0 atom stereocenters. The topological polar surface area (TPSA) is 43.1 Å². The molecular weight excluding hydrogens is 609 g/mol. The number of nitrogens with zero attached hydrogens (tertiary/aromatic N) is 4. The monoisotopic (exact) mass is 638 g/mol. The summed E-state index contributed by atoms with van der Waals surface area (Å²) in [5.41, 5.74) is 9.01. The highest BCUT2D eigenvalue weighted by atomic mass is 15.0. The van der Waals surface area contributed by atoms with Gasteiger partial charge in [-0.25, -0.2) is 15.0 Å². The van der Waals surface area contributed by atoms with E-state index in [9.17, 15) is 0 Å². The minimum Gasteiger partial charge on any atom is -0.304 e. The van der Waals surface area contributed by atoms with Gasteiger partial charge >= 0.3 is 0 Å². The van der Waals surface area contributed by atoms with Gasteiger partial charge < -0.3 is 4.40 Å². The predicted octanol–water partition coefficient (Wildman–Crippen LogP) is 11.7. The Balaban J connectivity index is 1.22. The highest BCUT2D eigenvalue weighted by Gasteiger charge is 2.17. The van der Waals surface area contributed by atoms with Crippen molar-refractivity contribution in [2.75, 3.05) is 0 Å². The maximum Gasteiger partial charge on any atom is 0.160 e. The van der Waals surface area contributed by atoms with Gasteiger partial charge in [0.05, 0.1) is 17.1 Å². The van der Waals surface area contributed by atoms with Crippen LogP contribution in [0.5, 0.6) is 0 Å². The quantitative estimate of drug-likeness (QED) is 0.180. The Morgan fingerprint density at radius 1 is 0.420 bits per heavy atom. The van der Waals surface area contributed by atoms with Crippen molar-refractivity contribution in [3.8, 4) is 45.2 Å². The summed E-state index contributed by atoms with van der Waals surface area (Å²) in [5.74, 6) is 0.685. The number of fused-ring (bicyclic) bond motifs is 7. The molecule has 4 nitrogen and oxygen atoms in total. The van der Waals surface area contributed by atoms with Crippen LogP contribution in [0.3, 0.4) is 0 Å². The zero-order valence-electron chi connectivity index (χ0n) is 27.4. The summed E-state index contributed by atoms with van der Waals surface area (Å²) < 4.78 is 2.13. The van der Waals surface area contributed by atoms with Crippen LogP contribution in [-0.4, -0.2) is 19.4 Å². The molecule has 3 heterocycles. The Bertz CT molecular complexity index is 2800. The molecule has 10 aromatic rings. The van der Waals surface area contributed by atoms with E-state index < -0.39 is 0 Å². The minimum absolute atomic E-state index is 0.685. The molecule has 0 bridgehead atoms. The highest BCUT2D eigenvalue weighted by molar-refractivity contribution is 6.15. The Morgan fingerprint density at radius 2 is 0.900 bits per heavy atom. The molecule has 0 aliphatic heterocycles. The van der Waals surface area contributed by atoms with E-state index in [1.54, 1.807) is 0 Å². The molecule has 0 N–H and O–H groups in total. The van der Waals surface area contributed by atoms with Crippen LogP contribution in [0.4, 0.5) is 0 Å². The standard InChI is InChI=1S/C46H30N4/c1-29-45(49-44-20-10-11-25-50(29)44)30-21-23-31(24-22-30)46-47-42(40-26-32-12-2-4-14-34(32)36-16-6-8-18-38(36)40)28-43(48-46)41-27-33-13-3-5-15-35(33)37-17-7-9-19-39(37)41/h2-28H,1H3. The van der Waals surface area contributed by atoms with E-state index >= 15 is 0 Å². The van der Waals surface area contributed by atoms with E-state index in [0.717, 1.165) is 50.7 Å². The number of hydrogen-bond acceptors (Lipinski definition) is 3. The molecule has 0 amide bonds. The lowest BCUT2D eigenvalue weighted by Gasteiger charge is -2.15. The maximum atomic E-state index is 5.32. The van der Waals surface area contributed by atoms with Crippen LogP contribution in [0, 0.1) is 6.92 Å². The predicted molar refractivity (Wildman–Crippen MR) is 207 cm³/mol. The summed E-state index contributed by atoms with van der Waals surface area (Å²) >= 11 is 0. The van der Waals surface area contributed by atoms with Crippen LogP contribution in [0.2, 0.25) is 0 Å². The fourth-order valence-electron chi connectivity index (χ4n) is 7.55. The Morgan fingerprint density at radius 3 is 1.46 bits per heavy atom. The van der Waals surface area contributed by atoms with Gasteiger partial charge in [-0.1, -0.05) is 127 Å². The summed E-state index contributed by atoms with van der Waals surface area (Å²) in [5, 5.41) is 9.61. The van der Waals surface area contributed by atoms with E-state index in [1.165, 1.54) is 43.1 Å². The fourth-order valence-corrected chi connectivity index (χ4v) is 7.55. The fraction of sp³-hybridized carbons (Fsp3) is 0.0217. The maximum absolute atomic E-state index is 5.32. The van der Waals surface area contributed by atoms with Gasteiger partial charge in [-0.15, -0.1) is 0 Å². The number of aromatic nitrogens is 4. The van der Waals surface area contributed by atoms with E-state index in [2.05, 4.69) is 157 Å². The number of rotatable bonds is 4. The molecule has 0 unspecified atom stereocenters. The van der Waals surface area contributed by atoms with E-state index in [-0.39, 0.29) is 0 Å². The summed E-state index contributed by atoms with van der Waals surface area (Å²) in [6.07, 6.45) is 2.06. The molecule has 0 saturated heterocycles. The van der Waals surface area contributed by atoms with Gasteiger partial charge in [0.2, 0.25) is 0 Å². The van der Waals surface area contributed by atoms with Gasteiger partial charge in [0.15, 0.2) is 5.82 Å². The Labute approximate surface area is 289 Å². The van der Waals surface area contributed by atoms with E-state index in [4.69, 9.17) is 15.0 Å². The molecule has 10 rings (SSSR count). The molecule has 0 fully saturated rings. The van der Waals surface area contributed by atoms with Crippen LogP contribution in [0.25, 0.3) is 93.9 Å². The minimum atomic E-state index is 0.685.